The van der Waals surface area contributed by atoms with E-state index in [2.05, 4.69) is 83.7 Å². The van der Waals surface area contributed by atoms with Gasteiger partial charge in [0.2, 0.25) is 0 Å². The molecule has 2 aromatic heterocycles. The normalized spacial score (nSPS) is 13.8. The van der Waals surface area contributed by atoms with Gasteiger partial charge in [-0.3, -0.25) is 4.68 Å². The van der Waals surface area contributed by atoms with Gasteiger partial charge in [0, 0.05) is 43.6 Å². The first-order valence-corrected chi connectivity index (χ1v) is 11.9. The molecule has 1 aliphatic rings. The van der Waals surface area contributed by atoms with Gasteiger partial charge < -0.3 is 14.5 Å². The van der Waals surface area contributed by atoms with E-state index in [1.54, 1.807) is 7.11 Å². The Balaban J connectivity index is 1.51. The molecule has 1 fully saturated rings. The first-order valence-electron chi connectivity index (χ1n) is 11.9. The summed E-state index contributed by atoms with van der Waals surface area (Å²) in [5.74, 6) is 2.30. The van der Waals surface area contributed by atoms with E-state index in [0.29, 0.717) is 12.5 Å². The Morgan fingerprint density at radius 3 is 2.47 bits per heavy atom. The van der Waals surface area contributed by atoms with Crippen molar-refractivity contribution in [2.24, 2.45) is 0 Å². The van der Waals surface area contributed by atoms with Crippen LogP contribution in [-0.2, 0) is 6.54 Å². The van der Waals surface area contributed by atoms with E-state index in [9.17, 15) is 0 Å². The highest BCUT2D eigenvalue weighted by Gasteiger charge is 2.22. The van der Waals surface area contributed by atoms with Crippen molar-refractivity contribution in [2.75, 3.05) is 38.2 Å². The van der Waals surface area contributed by atoms with E-state index in [-0.39, 0.29) is 0 Å². The number of aromatic nitrogens is 3. The average Bonchev–Trinajstić information content (AvgIpc) is 3.27. The number of rotatable bonds is 7. The summed E-state index contributed by atoms with van der Waals surface area (Å²) in [6.07, 6.45) is 1.89. The van der Waals surface area contributed by atoms with Crippen molar-refractivity contribution in [3.63, 3.8) is 0 Å². The fourth-order valence-corrected chi connectivity index (χ4v) is 4.51. The van der Waals surface area contributed by atoms with Gasteiger partial charge in [0.25, 0.3) is 0 Å². The number of piperazine rings is 1. The highest BCUT2D eigenvalue weighted by Crippen LogP contribution is 2.28. The zero-order valence-corrected chi connectivity index (χ0v) is 21.0. The van der Waals surface area contributed by atoms with Crippen molar-refractivity contribution in [3.8, 4) is 17.0 Å². The number of benzene rings is 1. The molecule has 0 radical (unpaired) electrons. The maximum atomic E-state index is 5.42. The lowest BCUT2D eigenvalue weighted by atomic mass is 10.1. The van der Waals surface area contributed by atoms with Crippen LogP contribution in [0.5, 0.6) is 5.75 Å². The fraction of sp³-hybridized carbons (Fsp3) is 0.393. The van der Waals surface area contributed by atoms with E-state index in [1.807, 2.05) is 18.3 Å². The molecule has 178 valence electrons. The summed E-state index contributed by atoms with van der Waals surface area (Å²) >= 11 is 0. The number of anilines is 1. The second-order valence-corrected chi connectivity index (χ2v) is 9.24. The van der Waals surface area contributed by atoms with Crippen LogP contribution in [0, 0.1) is 13.8 Å². The van der Waals surface area contributed by atoms with Gasteiger partial charge >= 0.3 is 0 Å². The molecule has 0 amide bonds. The lowest BCUT2D eigenvalue weighted by Crippen LogP contribution is -2.46. The Morgan fingerprint density at radius 1 is 1.09 bits per heavy atom. The Kier molecular flexibility index (Phi) is 7.09. The van der Waals surface area contributed by atoms with Gasteiger partial charge in [-0.25, -0.2) is 4.98 Å². The highest BCUT2D eigenvalue weighted by molar-refractivity contribution is 5.62. The molecular formula is C28H35N5O. The first kappa shape index (κ1) is 23.7. The van der Waals surface area contributed by atoms with E-state index in [0.717, 1.165) is 60.3 Å². The van der Waals surface area contributed by atoms with E-state index >= 15 is 0 Å². The number of nitrogens with zero attached hydrogens (tertiary/aromatic N) is 5. The number of aryl methyl sites for hydroxylation is 2. The van der Waals surface area contributed by atoms with Crippen LogP contribution in [0.3, 0.4) is 0 Å². The number of ether oxygens (including phenoxy) is 1. The van der Waals surface area contributed by atoms with Gasteiger partial charge in [-0.05, 0) is 67.3 Å². The van der Waals surface area contributed by atoms with E-state index in [1.165, 1.54) is 11.3 Å². The number of hydrogen-bond acceptors (Lipinski definition) is 5. The van der Waals surface area contributed by atoms with E-state index < -0.39 is 0 Å². The molecule has 3 heterocycles. The van der Waals surface area contributed by atoms with Gasteiger partial charge in [0.1, 0.15) is 11.6 Å². The molecule has 3 aromatic rings. The zero-order valence-electron chi connectivity index (χ0n) is 21.0. The summed E-state index contributed by atoms with van der Waals surface area (Å²) in [5, 5.41) is 4.99. The summed E-state index contributed by atoms with van der Waals surface area (Å²) in [4.78, 5) is 9.28. The third-order valence-electron chi connectivity index (χ3n) is 6.48. The Morgan fingerprint density at radius 2 is 1.85 bits per heavy atom. The van der Waals surface area contributed by atoms with Crippen LogP contribution in [0.25, 0.3) is 11.3 Å². The molecule has 1 aliphatic heterocycles. The van der Waals surface area contributed by atoms with Crippen molar-refractivity contribution >= 4 is 5.82 Å². The van der Waals surface area contributed by atoms with Crippen LogP contribution >= 0.6 is 0 Å². The predicted molar refractivity (Wildman–Crippen MR) is 138 cm³/mol. The van der Waals surface area contributed by atoms with Crippen LogP contribution in [0.1, 0.15) is 36.6 Å². The lowest BCUT2D eigenvalue weighted by molar-refractivity contribution is 0.301. The third kappa shape index (κ3) is 5.02. The average molecular weight is 458 g/mol. The molecule has 0 spiro atoms. The van der Waals surface area contributed by atoms with Crippen molar-refractivity contribution in [3.05, 3.63) is 77.4 Å². The second kappa shape index (κ2) is 10.2. The minimum Gasteiger partial charge on any atom is -0.496 e. The Bertz CT molecular complexity index is 1200. The molecule has 4 rings (SSSR count). The standard InChI is InChI=1S/C28H35N5O/c1-7-24(31-12-14-32(15-13-31)28-16-21(4)10-11-29-28)19-33-26(20(2)3)18-25(30-33)23-8-9-27(34-6)22(5)17-23/h8-11,16-18,20H,1,12-15,19H2,2-6H3. The Labute approximate surface area is 203 Å². The van der Waals surface area contributed by atoms with Crippen molar-refractivity contribution in [1.82, 2.24) is 19.7 Å². The number of methoxy groups -OCH3 is 1. The molecule has 0 N–H and O–H groups in total. The second-order valence-electron chi connectivity index (χ2n) is 9.24. The van der Waals surface area contributed by atoms with Gasteiger partial charge in [-0.1, -0.05) is 20.4 Å². The first-order chi connectivity index (χ1) is 16.4. The molecule has 1 saturated heterocycles. The number of hydrogen-bond donors (Lipinski definition) is 0. The molecule has 34 heavy (non-hydrogen) atoms. The fourth-order valence-electron chi connectivity index (χ4n) is 4.51. The smallest absolute Gasteiger partial charge is 0.128 e. The molecule has 0 aliphatic carbocycles. The van der Waals surface area contributed by atoms with Crippen molar-refractivity contribution < 1.29 is 4.74 Å². The molecule has 6 nitrogen and oxygen atoms in total. The lowest BCUT2D eigenvalue weighted by Gasteiger charge is -2.37. The Hall–Kier alpha value is -3.50. The number of allylic oxidation sites excluding steroid dienone is 1. The van der Waals surface area contributed by atoms with Crippen LogP contribution in [-0.4, -0.2) is 53.0 Å². The van der Waals surface area contributed by atoms with Gasteiger partial charge in [0.15, 0.2) is 0 Å². The molecular weight excluding hydrogens is 422 g/mol. The minimum absolute atomic E-state index is 0.357. The quantitative estimate of drug-likeness (QED) is 0.457. The summed E-state index contributed by atoms with van der Waals surface area (Å²) in [7, 11) is 1.70. The van der Waals surface area contributed by atoms with Gasteiger partial charge in [0.05, 0.1) is 25.0 Å². The molecule has 0 atom stereocenters. The molecule has 0 unspecified atom stereocenters. The molecule has 0 saturated carbocycles. The summed E-state index contributed by atoms with van der Waals surface area (Å²) in [5.41, 5.74) is 9.92. The van der Waals surface area contributed by atoms with Gasteiger partial charge in [-0.2, -0.15) is 5.10 Å². The summed E-state index contributed by atoms with van der Waals surface area (Å²) < 4.78 is 7.53. The van der Waals surface area contributed by atoms with Gasteiger partial charge in [-0.15, -0.1) is 5.73 Å². The summed E-state index contributed by atoms with van der Waals surface area (Å²) in [6, 6.07) is 12.6. The van der Waals surface area contributed by atoms with Crippen molar-refractivity contribution in [2.45, 2.75) is 40.2 Å². The predicted octanol–water partition coefficient (Wildman–Crippen LogP) is 5.18. The van der Waals surface area contributed by atoms with Crippen LogP contribution in [0.15, 0.2) is 60.6 Å². The maximum absolute atomic E-state index is 5.42. The van der Waals surface area contributed by atoms with E-state index in [4.69, 9.17) is 9.84 Å². The van der Waals surface area contributed by atoms with Crippen LogP contribution in [0.4, 0.5) is 5.82 Å². The van der Waals surface area contributed by atoms with Crippen molar-refractivity contribution in [1.29, 1.82) is 0 Å². The summed E-state index contributed by atoms with van der Waals surface area (Å²) in [6.45, 7) is 16.9. The number of pyridine rings is 1. The van der Waals surface area contributed by atoms with Crippen LogP contribution in [0.2, 0.25) is 0 Å². The zero-order chi connectivity index (χ0) is 24.2. The van der Waals surface area contributed by atoms with Crippen LogP contribution < -0.4 is 9.64 Å². The third-order valence-corrected chi connectivity index (χ3v) is 6.48. The monoisotopic (exact) mass is 457 g/mol. The molecule has 6 heteroatoms. The molecule has 1 aromatic carbocycles. The maximum Gasteiger partial charge on any atom is 0.128 e. The topological polar surface area (TPSA) is 46.4 Å². The minimum atomic E-state index is 0.357. The molecule has 0 bridgehead atoms. The largest absolute Gasteiger partial charge is 0.496 e. The highest BCUT2D eigenvalue weighted by atomic mass is 16.5. The SMILES string of the molecule is C=C=C(Cn1nc(-c2ccc(OC)c(C)c2)cc1C(C)C)N1CCN(c2cc(C)ccn2)CC1.